The number of amides is 1. The van der Waals surface area contributed by atoms with Crippen molar-refractivity contribution in [1.82, 2.24) is 10.1 Å². The minimum Gasteiger partial charge on any atom is -0.390 e. The molecule has 0 radical (unpaired) electrons. The molecule has 2 atom stereocenters. The van der Waals surface area contributed by atoms with Gasteiger partial charge in [-0.15, -0.1) is 11.3 Å². The molecule has 0 unspecified atom stereocenters. The van der Waals surface area contributed by atoms with Gasteiger partial charge < -0.3 is 15.2 Å². The van der Waals surface area contributed by atoms with Crippen molar-refractivity contribution >= 4 is 22.2 Å². The van der Waals surface area contributed by atoms with Crippen LogP contribution in [0.3, 0.4) is 0 Å². The van der Waals surface area contributed by atoms with E-state index in [1.165, 1.54) is 17.4 Å². The van der Waals surface area contributed by atoms with Crippen LogP contribution in [-0.4, -0.2) is 34.7 Å². The zero-order valence-electron chi connectivity index (χ0n) is 13.5. The summed E-state index contributed by atoms with van der Waals surface area (Å²) < 4.78 is 42.5. The molecular formula is C16H18F3N3O2S. The van der Waals surface area contributed by atoms with Crippen molar-refractivity contribution in [1.29, 1.82) is 0 Å². The van der Waals surface area contributed by atoms with E-state index >= 15 is 0 Å². The minimum atomic E-state index is -4.33. The van der Waals surface area contributed by atoms with Gasteiger partial charge >= 0.3 is 6.18 Å². The first-order valence-corrected chi connectivity index (χ1v) is 8.78. The van der Waals surface area contributed by atoms with Crippen molar-refractivity contribution in [2.75, 3.05) is 12.3 Å². The van der Waals surface area contributed by atoms with Gasteiger partial charge in [0.1, 0.15) is 5.76 Å². The van der Waals surface area contributed by atoms with E-state index in [1.54, 1.807) is 16.3 Å². The number of carbonyl (C=O) groups excluding carboxylic acids is 1. The third-order valence-corrected chi connectivity index (χ3v) is 5.18. The van der Waals surface area contributed by atoms with Gasteiger partial charge in [0.25, 0.3) is 5.91 Å². The number of piperidine rings is 1. The Morgan fingerprint density at radius 2 is 2.24 bits per heavy atom. The molecule has 1 amide bonds. The Labute approximate surface area is 146 Å². The van der Waals surface area contributed by atoms with Crippen molar-refractivity contribution in [3.63, 3.8) is 0 Å². The molecular weight excluding hydrogens is 355 g/mol. The first-order chi connectivity index (χ1) is 11.7. The van der Waals surface area contributed by atoms with Crippen molar-refractivity contribution in [3.05, 3.63) is 34.5 Å². The lowest BCUT2D eigenvalue weighted by molar-refractivity contribution is -0.128. The van der Waals surface area contributed by atoms with Gasteiger partial charge in [-0.1, -0.05) is 5.16 Å². The number of thiophene rings is 1. The summed E-state index contributed by atoms with van der Waals surface area (Å²) in [7, 11) is 0. The van der Waals surface area contributed by atoms with Crippen molar-refractivity contribution in [3.8, 4) is 0 Å². The summed E-state index contributed by atoms with van der Waals surface area (Å²) in [4.78, 5) is 14.4. The molecule has 1 aliphatic heterocycles. The topological polar surface area (TPSA) is 72.4 Å². The maximum atomic E-state index is 12.7. The van der Waals surface area contributed by atoms with E-state index in [2.05, 4.69) is 5.16 Å². The fraction of sp³-hybridized carbons (Fsp3) is 0.500. The van der Waals surface area contributed by atoms with Crippen LogP contribution in [0.4, 0.5) is 18.2 Å². The van der Waals surface area contributed by atoms with Gasteiger partial charge in [-0.05, 0) is 31.2 Å². The average Bonchev–Trinajstić information content (AvgIpc) is 3.14. The van der Waals surface area contributed by atoms with Crippen LogP contribution in [0.15, 0.2) is 22.0 Å². The lowest BCUT2D eigenvalue weighted by Crippen LogP contribution is -2.44. The fourth-order valence-corrected chi connectivity index (χ4v) is 3.72. The maximum Gasteiger partial charge on any atom is 0.394 e. The quantitative estimate of drug-likeness (QED) is 0.887. The number of hydrogen-bond donors (Lipinski definition) is 1. The Kier molecular flexibility index (Phi) is 4.77. The van der Waals surface area contributed by atoms with Gasteiger partial charge in [0.15, 0.2) is 0 Å². The second-order valence-electron chi connectivity index (χ2n) is 6.29. The fourth-order valence-electron chi connectivity index (χ4n) is 3.08. The second kappa shape index (κ2) is 6.70. The number of anilines is 1. The number of likely N-dealkylation sites (tertiary alicyclic amines) is 1. The zero-order chi connectivity index (χ0) is 18.2. The van der Waals surface area contributed by atoms with Gasteiger partial charge in [-0.25, -0.2) is 0 Å². The van der Waals surface area contributed by atoms with Gasteiger partial charge in [-0.2, -0.15) is 13.2 Å². The van der Waals surface area contributed by atoms with Crippen LogP contribution in [-0.2, 0) is 6.42 Å². The summed E-state index contributed by atoms with van der Waals surface area (Å²) in [6.07, 6.45) is -3.98. The summed E-state index contributed by atoms with van der Waals surface area (Å²) in [6.45, 7) is 2.32. The normalized spacial score (nSPS) is 21.5. The zero-order valence-corrected chi connectivity index (χ0v) is 14.4. The number of nitrogen functional groups attached to an aromatic ring is 1. The van der Waals surface area contributed by atoms with Gasteiger partial charge in [-0.3, -0.25) is 4.79 Å². The van der Waals surface area contributed by atoms with E-state index in [0.29, 0.717) is 22.9 Å². The summed E-state index contributed by atoms with van der Waals surface area (Å²) in [5, 5.41) is 5.74. The molecule has 9 heteroatoms. The number of aromatic nitrogens is 1. The Hall–Kier alpha value is -2.03. The van der Waals surface area contributed by atoms with Crippen LogP contribution in [0, 0.1) is 0 Å². The van der Waals surface area contributed by atoms with E-state index in [-0.39, 0.29) is 23.6 Å². The highest BCUT2D eigenvalue weighted by atomic mass is 32.1. The number of nitrogens with two attached hydrogens (primary N) is 1. The molecule has 1 saturated heterocycles. The number of alkyl halides is 3. The standard InChI is InChI=1S/C16H18F3N3O2S/c1-9-2-3-10(13-6-11(21-24-13)7-16(17,18)19)8-22(9)15(23)12-4-5-25-14(12)20/h4-6,9-10H,2-3,7-8,20H2,1H3/t9-,10-/m1/s1. The van der Waals surface area contributed by atoms with Crippen LogP contribution in [0.2, 0.25) is 0 Å². The first kappa shape index (κ1) is 17.8. The maximum absolute atomic E-state index is 12.7. The third-order valence-electron chi connectivity index (χ3n) is 4.43. The Balaban J connectivity index is 1.74. The Morgan fingerprint density at radius 1 is 1.48 bits per heavy atom. The monoisotopic (exact) mass is 373 g/mol. The predicted molar refractivity (Wildman–Crippen MR) is 87.5 cm³/mol. The molecule has 0 bridgehead atoms. The molecule has 25 heavy (non-hydrogen) atoms. The summed E-state index contributed by atoms with van der Waals surface area (Å²) >= 11 is 1.30. The molecule has 3 rings (SSSR count). The average molecular weight is 373 g/mol. The number of nitrogens with zero attached hydrogens (tertiary/aromatic N) is 2. The highest BCUT2D eigenvalue weighted by molar-refractivity contribution is 7.14. The molecule has 2 aromatic heterocycles. The summed E-state index contributed by atoms with van der Waals surface area (Å²) in [5.74, 6) is 0.0581. The van der Waals surface area contributed by atoms with Crippen molar-refractivity contribution in [2.45, 2.75) is 44.3 Å². The van der Waals surface area contributed by atoms with Crippen LogP contribution in [0.1, 0.15) is 47.5 Å². The van der Waals surface area contributed by atoms with E-state index in [4.69, 9.17) is 10.3 Å². The van der Waals surface area contributed by atoms with Crippen LogP contribution >= 0.6 is 11.3 Å². The van der Waals surface area contributed by atoms with Crippen molar-refractivity contribution in [2.24, 2.45) is 0 Å². The molecule has 136 valence electrons. The Bertz CT molecular complexity index is 756. The molecule has 2 aromatic rings. The van der Waals surface area contributed by atoms with E-state index in [0.717, 1.165) is 12.8 Å². The van der Waals surface area contributed by atoms with E-state index < -0.39 is 12.6 Å². The molecule has 1 fully saturated rings. The molecule has 3 heterocycles. The highest BCUT2D eigenvalue weighted by Gasteiger charge is 2.34. The number of hydrogen-bond acceptors (Lipinski definition) is 5. The SMILES string of the molecule is C[C@@H]1CC[C@@H](c2cc(CC(F)(F)F)no2)CN1C(=O)c1ccsc1N. The second-order valence-corrected chi connectivity index (χ2v) is 7.24. The molecule has 0 saturated carbocycles. The van der Waals surface area contributed by atoms with Gasteiger partial charge in [0.2, 0.25) is 0 Å². The van der Waals surface area contributed by atoms with Crippen LogP contribution in [0.25, 0.3) is 0 Å². The van der Waals surface area contributed by atoms with Crippen LogP contribution in [0.5, 0.6) is 0 Å². The lowest BCUT2D eigenvalue weighted by Gasteiger charge is -2.37. The van der Waals surface area contributed by atoms with Crippen LogP contribution < -0.4 is 5.73 Å². The molecule has 5 nitrogen and oxygen atoms in total. The highest BCUT2D eigenvalue weighted by Crippen LogP contribution is 2.33. The smallest absolute Gasteiger partial charge is 0.390 e. The largest absolute Gasteiger partial charge is 0.394 e. The van der Waals surface area contributed by atoms with E-state index in [9.17, 15) is 18.0 Å². The number of rotatable bonds is 3. The van der Waals surface area contributed by atoms with Gasteiger partial charge in [0, 0.05) is 24.6 Å². The number of carbonyl (C=O) groups is 1. The lowest BCUT2D eigenvalue weighted by atomic mass is 9.91. The molecule has 2 N–H and O–H groups in total. The molecule has 0 aliphatic carbocycles. The molecule has 0 spiro atoms. The van der Waals surface area contributed by atoms with Gasteiger partial charge in [0.05, 0.1) is 22.7 Å². The third kappa shape index (κ3) is 3.97. The summed E-state index contributed by atoms with van der Waals surface area (Å²) in [5.41, 5.74) is 6.17. The van der Waals surface area contributed by atoms with E-state index in [1.807, 2.05) is 6.92 Å². The van der Waals surface area contributed by atoms with Crippen molar-refractivity contribution < 1.29 is 22.5 Å². The predicted octanol–water partition coefficient (Wildman–Crippen LogP) is 3.83. The first-order valence-electron chi connectivity index (χ1n) is 7.91. The summed E-state index contributed by atoms with van der Waals surface area (Å²) in [6, 6.07) is 3.06. The minimum absolute atomic E-state index is 0.0283. The Morgan fingerprint density at radius 3 is 2.88 bits per heavy atom. The molecule has 0 aromatic carbocycles. The molecule has 1 aliphatic rings. The number of halogens is 3.